The number of aromatic hydroxyl groups is 1. The summed E-state index contributed by atoms with van der Waals surface area (Å²) in [4.78, 5) is 10.0. The molecule has 0 atom stereocenters. The van der Waals surface area contributed by atoms with Gasteiger partial charge in [-0.2, -0.15) is 0 Å². The molecule has 0 heterocycles. The summed E-state index contributed by atoms with van der Waals surface area (Å²) < 4.78 is 0. The number of carbonyl (C=O) groups is 1. The maximum Gasteiger partial charge on any atom is 0.145 e. The van der Waals surface area contributed by atoms with Crippen LogP contribution in [0.4, 0.5) is 5.69 Å². The van der Waals surface area contributed by atoms with Gasteiger partial charge >= 0.3 is 0 Å². The highest BCUT2D eigenvalue weighted by Crippen LogP contribution is 2.25. The van der Waals surface area contributed by atoms with Crippen LogP contribution in [-0.2, 0) is 4.79 Å². The van der Waals surface area contributed by atoms with Crippen LogP contribution < -0.4 is 5.73 Å². The van der Waals surface area contributed by atoms with Crippen molar-refractivity contribution in [2.75, 3.05) is 5.73 Å². The van der Waals surface area contributed by atoms with Gasteiger partial charge < -0.3 is 15.6 Å². The van der Waals surface area contributed by atoms with E-state index >= 15 is 0 Å². The molecule has 0 aliphatic carbocycles. The van der Waals surface area contributed by atoms with Crippen LogP contribution in [0.1, 0.15) is 12.0 Å². The largest absolute Gasteiger partial charge is 0.505 e. The highest BCUT2D eigenvalue weighted by molar-refractivity contribution is 5.67. The summed E-state index contributed by atoms with van der Waals surface area (Å²) in [5.41, 5.74) is 6.44. The number of carbonyl (C=O) groups excluding carboxylic acids is 1. The van der Waals surface area contributed by atoms with Gasteiger partial charge in [0.15, 0.2) is 0 Å². The number of hydrogen-bond acceptors (Lipinski definition) is 3. The fourth-order valence-corrected chi connectivity index (χ4v) is 0.965. The average molecular weight is 177 g/mol. The maximum absolute atomic E-state index is 10.0. The summed E-state index contributed by atoms with van der Waals surface area (Å²) in [6.45, 7) is 0. The minimum Gasteiger partial charge on any atom is -0.505 e. The fraction of sp³-hybridized carbons (Fsp3) is 0.100. The van der Waals surface area contributed by atoms with Gasteiger partial charge in [-0.3, -0.25) is 0 Å². The maximum atomic E-state index is 10.0. The van der Waals surface area contributed by atoms with Gasteiger partial charge in [-0.1, -0.05) is 24.3 Å². The van der Waals surface area contributed by atoms with Crippen molar-refractivity contribution >= 4 is 18.0 Å². The molecule has 3 N–H and O–H groups in total. The number of phenolic OH excluding ortho intramolecular Hbond substituents is 1. The predicted octanol–water partition coefficient (Wildman–Crippen LogP) is 1.58. The van der Waals surface area contributed by atoms with Crippen molar-refractivity contribution in [3.8, 4) is 5.75 Å². The van der Waals surface area contributed by atoms with Crippen LogP contribution in [0.3, 0.4) is 0 Å². The number of anilines is 1. The lowest BCUT2D eigenvalue weighted by Gasteiger charge is -2.01. The van der Waals surface area contributed by atoms with Crippen LogP contribution in [0, 0.1) is 0 Å². The normalized spacial score (nSPS) is 10.5. The first kappa shape index (κ1) is 9.32. The SMILES string of the molecule is Nc1cccc(C=CCC=O)c1O. The highest BCUT2D eigenvalue weighted by atomic mass is 16.3. The van der Waals surface area contributed by atoms with Crippen molar-refractivity contribution in [3.05, 3.63) is 29.8 Å². The Kier molecular flexibility index (Phi) is 3.09. The minimum atomic E-state index is 0.0599. The van der Waals surface area contributed by atoms with E-state index in [9.17, 15) is 9.90 Å². The lowest BCUT2D eigenvalue weighted by atomic mass is 10.1. The second-order valence-corrected chi connectivity index (χ2v) is 2.59. The Hall–Kier alpha value is -1.77. The zero-order chi connectivity index (χ0) is 9.68. The van der Waals surface area contributed by atoms with E-state index in [-0.39, 0.29) is 5.75 Å². The summed E-state index contributed by atoms with van der Waals surface area (Å²) >= 11 is 0. The lowest BCUT2D eigenvalue weighted by molar-refractivity contribution is -0.107. The first-order valence-electron chi connectivity index (χ1n) is 3.93. The number of hydrogen-bond donors (Lipinski definition) is 2. The number of phenols is 1. The van der Waals surface area contributed by atoms with E-state index in [4.69, 9.17) is 5.73 Å². The molecule has 0 aliphatic heterocycles. The number of nitrogen functional groups attached to an aromatic ring is 1. The molecular formula is C10H11NO2. The van der Waals surface area contributed by atoms with Gasteiger partial charge in [-0.25, -0.2) is 0 Å². The summed E-state index contributed by atoms with van der Waals surface area (Å²) in [6, 6.07) is 5.09. The molecule has 0 amide bonds. The van der Waals surface area contributed by atoms with Gasteiger partial charge in [0.25, 0.3) is 0 Å². The molecule has 0 fully saturated rings. The number of aldehydes is 1. The Bertz CT molecular complexity index is 332. The fourth-order valence-electron chi connectivity index (χ4n) is 0.965. The van der Waals surface area contributed by atoms with Crippen molar-refractivity contribution in [3.63, 3.8) is 0 Å². The smallest absolute Gasteiger partial charge is 0.145 e. The van der Waals surface area contributed by atoms with Gasteiger partial charge in [0.2, 0.25) is 0 Å². The molecule has 0 radical (unpaired) electrons. The average Bonchev–Trinajstić information content (AvgIpc) is 2.13. The lowest BCUT2D eigenvalue weighted by Crippen LogP contribution is -1.86. The van der Waals surface area contributed by atoms with Crippen molar-refractivity contribution in [1.82, 2.24) is 0 Å². The first-order chi connectivity index (χ1) is 6.25. The van der Waals surface area contributed by atoms with Crippen LogP contribution in [0.5, 0.6) is 5.75 Å². The molecule has 0 bridgehead atoms. The molecule has 1 rings (SSSR count). The molecule has 0 aliphatic rings. The Morgan fingerprint density at radius 1 is 1.46 bits per heavy atom. The summed E-state index contributed by atoms with van der Waals surface area (Å²) in [5, 5.41) is 9.43. The Morgan fingerprint density at radius 2 is 2.23 bits per heavy atom. The number of nitrogens with two attached hydrogens (primary N) is 1. The van der Waals surface area contributed by atoms with Crippen LogP contribution in [0.2, 0.25) is 0 Å². The Morgan fingerprint density at radius 3 is 2.92 bits per heavy atom. The first-order valence-corrected chi connectivity index (χ1v) is 3.93. The molecule has 68 valence electrons. The molecular weight excluding hydrogens is 166 g/mol. The highest BCUT2D eigenvalue weighted by Gasteiger charge is 1.99. The van der Waals surface area contributed by atoms with Crippen LogP contribution >= 0.6 is 0 Å². The molecule has 0 aromatic heterocycles. The van der Waals surface area contributed by atoms with E-state index in [1.54, 1.807) is 30.4 Å². The van der Waals surface area contributed by atoms with Gasteiger partial charge in [0, 0.05) is 12.0 Å². The zero-order valence-corrected chi connectivity index (χ0v) is 7.10. The summed E-state index contributed by atoms with van der Waals surface area (Å²) in [5.74, 6) is 0.0599. The van der Waals surface area contributed by atoms with Crippen LogP contribution in [0.25, 0.3) is 6.08 Å². The van der Waals surface area contributed by atoms with E-state index < -0.39 is 0 Å². The van der Waals surface area contributed by atoms with E-state index in [1.165, 1.54) is 0 Å². The van der Waals surface area contributed by atoms with E-state index in [2.05, 4.69) is 0 Å². The Balaban J connectivity index is 2.88. The Labute approximate surface area is 76.5 Å². The predicted molar refractivity (Wildman–Crippen MR) is 52.2 cm³/mol. The molecule has 3 heteroatoms. The molecule has 0 saturated heterocycles. The molecule has 3 nitrogen and oxygen atoms in total. The molecule has 0 unspecified atom stereocenters. The molecule has 13 heavy (non-hydrogen) atoms. The number of allylic oxidation sites excluding steroid dienone is 1. The van der Waals surface area contributed by atoms with Crippen molar-refractivity contribution in [1.29, 1.82) is 0 Å². The number of para-hydroxylation sites is 1. The third-order valence-electron chi connectivity index (χ3n) is 1.63. The van der Waals surface area contributed by atoms with Crippen molar-refractivity contribution in [2.45, 2.75) is 6.42 Å². The molecule has 0 spiro atoms. The second-order valence-electron chi connectivity index (χ2n) is 2.59. The van der Waals surface area contributed by atoms with Gasteiger partial charge in [0.05, 0.1) is 5.69 Å². The zero-order valence-electron chi connectivity index (χ0n) is 7.10. The third kappa shape index (κ3) is 2.33. The topological polar surface area (TPSA) is 63.3 Å². The third-order valence-corrected chi connectivity index (χ3v) is 1.63. The summed E-state index contributed by atoms with van der Waals surface area (Å²) in [7, 11) is 0. The molecule has 1 aromatic carbocycles. The quantitative estimate of drug-likeness (QED) is 0.418. The van der Waals surface area contributed by atoms with E-state index in [0.29, 0.717) is 17.7 Å². The van der Waals surface area contributed by atoms with Gasteiger partial charge in [-0.15, -0.1) is 0 Å². The van der Waals surface area contributed by atoms with Crippen molar-refractivity contribution in [2.24, 2.45) is 0 Å². The number of benzene rings is 1. The standard InChI is InChI=1S/C10H11NO2/c11-9-6-3-5-8(10(9)13)4-1-2-7-12/h1,3-7,13H,2,11H2. The number of rotatable bonds is 3. The van der Waals surface area contributed by atoms with E-state index in [1.807, 2.05) is 0 Å². The summed E-state index contributed by atoms with van der Waals surface area (Å²) in [6.07, 6.45) is 4.47. The van der Waals surface area contributed by atoms with Crippen LogP contribution in [0.15, 0.2) is 24.3 Å². The molecule has 0 saturated carbocycles. The minimum absolute atomic E-state index is 0.0599. The second kappa shape index (κ2) is 4.30. The molecule has 1 aromatic rings. The van der Waals surface area contributed by atoms with Gasteiger partial charge in [0.1, 0.15) is 12.0 Å². The van der Waals surface area contributed by atoms with Crippen molar-refractivity contribution < 1.29 is 9.90 Å². The van der Waals surface area contributed by atoms with Crippen LogP contribution in [-0.4, -0.2) is 11.4 Å². The van der Waals surface area contributed by atoms with Gasteiger partial charge in [-0.05, 0) is 6.07 Å². The monoisotopic (exact) mass is 177 g/mol. The van der Waals surface area contributed by atoms with E-state index in [0.717, 1.165) is 6.29 Å².